The zero-order valence-corrected chi connectivity index (χ0v) is 18.3. The largest absolute Gasteiger partial charge is 0.338 e. The number of hydrogen-bond donors (Lipinski definition) is 1. The smallest absolute Gasteiger partial charge is 0.279 e. The molecule has 2 aromatic rings. The highest BCUT2D eigenvalue weighted by atomic mass is 32.2. The van der Waals surface area contributed by atoms with Gasteiger partial charge in [-0.1, -0.05) is 30.3 Å². The van der Waals surface area contributed by atoms with Gasteiger partial charge in [-0.05, 0) is 48.4 Å². The summed E-state index contributed by atoms with van der Waals surface area (Å²) in [6, 6.07) is 10.7. The normalized spacial score (nSPS) is 25.2. The molecule has 1 N–H and O–H groups in total. The summed E-state index contributed by atoms with van der Waals surface area (Å²) in [5.41, 5.74) is 1.18. The molecular formula is C23H25F2N3O3S. The topological polar surface area (TPSA) is 69.7 Å². The van der Waals surface area contributed by atoms with Gasteiger partial charge < -0.3 is 4.90 Å². The molecule has 6 nitrogen and oxygen atoms in total. The second-order valence-electron chi connectivity index (χ2n) is 8.71. The first-order valence-corrected chi connectivity index (χ1v) is 12.4. The average molecular weight is 462 g/mol. The number of likely N-dealkylation sites (tertiary alicyclic amines) is 1. The summed E-state index contributed by atoms with van der Waals surface area (Å²) in [6.07, 6.45) is 2.24. The summed E-state index contributed by atoms with van der Waals surface area (Å²) in [5, 5.41) is 0. The molecule has 3 atom stereocenters. The predicted octanol–water partition coefficient (Wildman–Crippen LogP) is 2.88. The van der Waals surface area contributed by atoms with Crippen LogP contribution in [-0.2, 0) is 15.0 Å². The third kappa shape index (κ3) is 3.82. The highest BCUT2D eigenvalue weighted by molar-refractivity contribution is 7.87. The molecule has 0 bridgehead atoms. The fourth-order valence-corrected chi connectivity index (χ4v) is 5.92. The van der Waals surface area contributed by atoms with E-state index in [1.54, 1.807) is 17.0 Å². The maximum atomic E-state index is 14.4. The molecule has 0 unspecified atom stereocenters. The van der Waals surface area contributed by atoms with Crippen molar-refractivity contribution in [1.29, 1.82) is 0 Å². The van der Waals surface area contributed by atoms with Gasteiger partial charge >= 0.3 is 0 Å². The third-order valence-corrected chi connectivity index (χ3v) is 8.36. The molecule has 0 aromatic heterocycles. The molecule has 1 amide bonds. The molecule has 3 fully saturated rings. The highest BCUT2D eigenvalue weighted by Gasteiger charge is 2.49. The van der Waals surface area contributed by atoms with E-state index in [2.05, 4.69) is 4.72 Å². The number of halogens is 2. The second kappa shape index (κ2) is 8.20. The molecule has 1 saturated carbocycles. The number of nitrogens with zero attached hydrogens (tertiary/aromatic N) is 2. The van der Waals surface area contributed by atoms with Crippen molar-refractivity contribution in [3.63, 3.8) is 0 Å². The van der Waals surface area contributed by atoms with Crippen molar-refractivity contribution in [2.24, 2.45) is 5.92 Å². The van der Waals surface area contributed by atoms with Crippen LogP contribution in [-0.4, -0.2) is 55.8 Å². The zero-order valence-electron chi connectivity index (χ0n) is 17.5. The summed E-state index contributed by atoms with van der Waals surface area (Å²) in [6.45, 7) is 1.88. The minimum absolute atomic E-state index is 0.0155. The third-order valence-electron chi connectivity index (χ3n) is 6.78. The molecule has 2 heterocycles. The van der Waals surface area contributed by atoms with Crippen molar-refractivity contribution < 1.29 is 22.0 Å². The van der Waals surface area contributed by atoms with Crippen LogP contribution >= 0.6 is 0 Å². The Balaban J connectivity index is 1.27. The first-order valence-electron chi connectivity index (χ1n) is 11.0. The van der Waals surface area contributed by atoms with E-state index in [0.717, 1.165) is 18.4 Å². The number of carbonyl (C=O) groups is 1. The SMILES string of the molecule is O=C([C@@H]1C[C@H]1c1ccccc1-c1c(F)cccc1F)N1CC[C@H]1CNS(=O)(=O)N1CCC1. The summed E-state index contributed by atoms with van der Waals surface area (Å²) in [4.78, 5) is 14.8. The summed E-state index contributed by atoms with van der Waals surface area (Å²) >= 11 is 0. The lowest BCUT2D eigenvalue weighted by atomic mass is 9.94. The fourth-order valence-electron chi connectivity index (χ4n) is 4.59. The van der Waals surface area contributed by atoms with Gasteiger partial charge in [0, 0.05) is 38.1 Å². The number of carbonyl (C=O) groups excluding carboxylic acids is 1. The van der Waals surface area contributed by atoms with Gasteiger partial charge in [0.2, 0.25) is 5.91 Å². The second-order valence-corrected chi connectivity index (χ2v) is 10.5. The molecule has 3 aliphatic rings. The van der Waals surface area contributed by atoms with Gasteiger partial charge in [-0.15, -0.1) is 0 Å². The first kappa shape index (κ1) is 21.5. The van der Waals surface area contributed by atoms with Crippen molar-refractivity contribution in [3.8, 4) is 11.1 Å². The van der Waals surface area contributed by atoms with Crippen molar-refractivity contribution in [1.82, 2.24) is 13.9 Å². The van der Waals surface area contributed by atoms with E-state index >= 15 is 0 Å². The Morgan fingerprint density at radius 2 is 1.75 bits per heavy atom. The highest BCUT2D eigenvalue weighted by Crippen LogP contribution is 2.52. The predicted molar refractivity (Wildman–Crippen MR) is 116 cm³/mol. The van der Waals surface area contributed by atoms with Crippen LogP contribution in [0.5, 0.6) is 0 Å². The molecule has 0 spiro atoms. The van der Waals surface area contributed by atoms with Gasteiger partial charge in [0.05, 0.1) is 5.56 Å². The minimum atomic E-state index is -3.47. The quantitative estimate of drug-likeness (QED) is 0.690. The van der Waals surface area contributed by atoms with E-state index in [1.807, 2.05) is 12.1 Å². The molecule has 170 valence electrons. The van der Waals surface area contributed by atoms with E-state index in [1.165, 1.54) is 22.5 Å². The van der Waals surface area contributed by atoms with Crippen molar-refractivity contribution in [2.75, 3.05) is 26.2 Å². The van der Waals surface area contributed by atoms with Crippen molar-refractivity contribution >= 4 is 16.1 Å². The van der Waals surface area contributed by atoms with Crippen molar-refractivity contribution in [2.45, 2.75) is 31.2 Å². The van der Waals surface area contributed by atoms with Gasteiger partial charge in [-0.2, -0.15) is 12.7 Å². The molecule has 2 saturated heterocycles. The van der Waals surface area contributed by atoms with Gasteiger partial charge in [-0.3, -0.25) is 4.79 Å². The molecular weight excluding hydrogens is 436 g/mol. The molecule has 0 radical (unpaired) electrons. The number of amides is 1. The fraction of sp³-hybridized carbons (Fsp3) is 0.435. The Morgan fingerprint density at radius 3 is 2.38 bits per heavy atom. The van der Waals surface area contributed by atoms with Crippen LogP contribution in [0, 0.1) is 17.6 Å². The minimum Gasteiger partial charge on any atom is -0.338 e. The summed E-state index contributed by atoms with van der Waals surface area (Å²) in [7, 11) is -3.47. The van der Waals surface area contributed by atoms with Crippen LogP contribution in [0.25, 0.3) is 11.1 Å². The standard InChI is InChI=1S/C23H25F2N3O3S/c24-20-7-3-8-21(25)22(20)17-6-2-1-5-16(17)18-13-19(18)23(29)28-12-9-15(28)14-26-32(30,31)27-10-4-11-27/h1-3,5-8,15,18-19,26H,4,9-14H2/t15-,18-,19+/m0/s1. The maximum absolute atomic E-state index is 14.4. The Labute approximate surface area is 186 Å². The Hall–Kier alpha value is -2.36. The van der Waals surface area contributed by atoms with Crippen LogP contribution in [0.15, 0.2) is 42.5 Å². The lowest BCUT2D eigenvalue weighted by molar-refractivity contribution is -0.140. The van der Waals surface area contributed by atoms with Gasteiger partial charge in [0.25, 0.3) is 10.2 Å². The van der Waals surface area contributed by atoms with Gasteiger partial charge in [0.15, 0.2) is 0 Å². The van der Waals surface area contributed by atoms with Crippen LogP contribution in [0.3, 0.4) is 0 Å². The lowest BCUT2D eigenvalue weighted by Crippen LogP contribution is -2.58. The Kier molecular flexibility index (Phi) is 5.51. The number of hydrogen-bond acceptors (Lipinski definition) is 3. The number of rotatable bonds is 7. The number of benzene rings is 2. The van der Waals surface area contributed by atoms with Crippen LogP contribution in [0.1, 0.15) is 30.7 Å². The summed E-state index contributed by atoms with van der Waals surface area (Å²) < 4.78 is 57.2. The van der Waals surface area contributed by atoms with E-state index in [4.69, 9.17) is 0 Å². The van der Waals surface area contributed by atoms with E-state index in [9.17, 15) is 22.0 Å². The van der Waals surface area contributed by atoms with Crippen LogP contribution < -0.4 is 4.72 Å². The number of nitrogens with one attached hydrogen (secondary N) is 1. The monoisotopic (exact) mass is 461 g/mol. The molecule has 2 aliphatic heterocycles. The summed E-state index contributed by atoms with van der Waals surface area (Å²) in [5.74, 6) is -1.62. The van der Waals surface area contributed by atoms with E-state index in [-0.39, 0.29) is 35.9 Å². The average Bonchev–Trinajstić information content (AvgIpc) is 3.46. The van der Waals surface area contributed by atoms with E-state index < -0.39 is 21.8 Å². The first-order chi connectivity index (χ1) is 15.4. The lowest BCUT2D eigenvalue weighted by Gasteiger charge is -2.42. The molecule has 2 aromatic carbocycles. The maximum Gasteiger partial charge on any atom is 0.279 e. The van der Waals surface area contributed by atoms with Crippen molar-refractivity contribution in [3.05, 3.63) is 59.7 Å². The molecule has 9 heteroatoms. The van der Waals surface area contributed by atoms with Crippen LogP contribution in [0.2, 0.25) is 0 Å². The molecule has 32 heavy (non-hydrogen) atoms. The Morgan fingerprint density at radius 1 is 1.03 bits per heavy atom. The molecule has 1 aliphatic carbocycles. The van der Waals surface area contributed by atoms with Gasteiger partial charge in [0.1, 0.15) is 11.6 Å². The Bertz CT molecular complexity index is 1130. The van der Waals surface area contributed by atoms with Gasteiger partial charge in [-0.25, -0.2) is 13.5 Å². The molecule has 5 rings (SSSR count). The van der Waals surface area contributed by atoms with Crippen LogP contribution in [0.4, 0.5) is 8.78 Å². The van der Waals surface area contributed by atoms with E-state index in [0.29, 0.717) is 31.6 Å². The zero-order chi connectivity index (χ0) is 22.5.